The van der Waals surface area contributed by atoms with E-state index in [0.29, 0.717) is 12.2 Å². The lowest BCUT2D eigenvalue weighted by atomic mass is 9.99. The van der Waals surface area contributed by atoms with Crippen molar-refractivity contribution in [3.8, 4) is 0 Å². The van der Waals surface area contributed by atoms with Gasteiger partial charge < -0.3 is 10.5 Å². The highest BCUT2D eigenvalue weighted by atomic mass is 16.6. The topological polar surface area (TPSA) is 55.6 Å². The van der Waals surface area contributed by atoms with Crippen molar-refractivity contribution in [1.29, 1.82) is 0 Å². The van der Waals surface area contributed by atoms with E-state index in [4.69, 9.17) is 10.5 Å². The molecule has 1 amide bonds. The number of hydrogen-bond acceptors (Lipinski definition) is 2. The molecule has 0 spiro atoms. The molecule has 2 aliphatic rings. The molecule has 2 N–H and O–H groups in total. The van der Waals surface area contributed by atoms with Gasteiger partial charge in [-0.2, -0.15) is 0 Å². The summed E-state index contributed by atoms with van der Waals surface area (Å²) in [6.07, 6.45) is 4.16. The first-order chi connectivity index (χ1) is 4.77. The predicted octanol–water partition coefficient (Wildman–Crippen LogP) is -0.0407. The molecule has 0 bridgehead atoms. The number of primary amides is 1. The Labute approximate surface area is 58.8 Å². The lowest BCUT2D eigenvalue weighted by molar-refractivity contribution is -0.114. The Morgan fingerprint density at radius 2 is 2.50 bits per heavy atom. The average molecular weight is 139 g/mol. The number of hydrogen-bond donors (Lipinski definition) is 1. The first-order valence-electron chi connectivity index (χ1n) is 3.41. The maximum Gasteiger partial charge on any atom is 0.244 e. The van der Waals surface area contributed by atoms with Crippen molar-refractivity contribution < 1.29 is 9.53 Å². The maximum absolute atomic E-state index is 10.6. The highest BCUT2D eigenvalue weighted by Gasteiger charge is 2.41. The average Bonchev–Trinajstić information content (AvgIpc) is 2.63. The molecule has 54 valence electrons. The van der Waals surface area contributed by atoms with Gasteiger partial charge in [0.05, 0.1) is 12.2 Å². The van der Waals surface area contributed by atoms with Crippen LogP contribution in [0.3, 0.4) is 0 Å². The second kappa shape index (κ2) is 1.83. The van der Waals surface area contributed by atoms with Crippen molar-refractivity contribution in [2.75, 3.05) is 0 Å². The van der Waals surface area contributed by atoms with Gasteiger partial charge in [0.2, 0.25) is 5.91 Å². The molecule has 1 aliphatic heterocycles. The maximum atomic E-state index is 10.6. The van der Waals surface area contributed by atoms with E-state index in [-0.39, 0.29) is 5.91 Å². The van der Waals surface area contributed by atoms with Crippen LogP contribution in [0.4, 0.5) is 0 Å². The van der Waals surface area contributed by atoms with Crippen LogP contribution in [0.25, 0.3) is 0 Å². The van der Waals surface area contributed by atoms with Gasteiger partial charge in [-0.1, -0.05) is 6.08 Å². The minimum absolute atomic E-state index is 0.297. The summed E-state index contributed by atoms with van der Waals surface area (Å²) in [6, 6.07) is 0. The fourth-order valence-electron chi connectivity index (χ4n) is 1.33. The molecule has 2 unspecified atom stereocenters. The highest BCUT2D eigenvalue weighted by molar-refractivity contribution is 5.92. The molecule has 1 fully saturated rings. The van der Waals surface area contributed by atoms with Crippen molar-refractivity contribution in [1.82, 2.24) is 0 Å². The molecule has 0 aromatic heterocycles. The van der Waals surface area contributed by atoms with Crippen LogP contribution in [0.5, 0.6) is 0 Å². The molecule has 2 rings (SSSR count). The van der Waals surface area contributed by atoms with Crippen LogP contribution in [-0.2, 0) is 9.53 Å². The van der Waals surface area contributed by atoms with Gasteiger partial charge in [0.1, 0.15) is 0 Å². The summed E-state index contributed by atoms with van der Waals surface area (Å²) in [4.78, 5) is 10.6. The molecule has 3 nitrogen and oxygen atoms in total. The molecule has 3 heteroatoms. The predicted molar refractivity (Wildman–Crippen MR) is 35.2 cm³/mol. The Bertz CT molecular complexity index is 210. The lowest BCUT2D eigenvalue weighted by Gasteiger charge is -2.03. The van der Waals surface area contributed by atoms with Crippen LogP contribution >= 0.6 is 0 Å². The Morgan fingerprint density at radius 1 is 1.70 bits per heavy atom. The smallest absolute Gasteiger partial charge is 0.244 e. The van der Waals surface area contributed by atoms with Crippen LogP contribution in [-0.4, -0.2) is 18.1 Å². The third kappa shape index (κ3) is 0.827. The van der Waals surface area contributed by atoms with Crippen LogP contribution in [0.1, 0.15) is 12.8 Å². The quantitative estimate of drug-likeness (QED) is 0.518. The second-order valence-electron chi connectivity index (χ2n) is 2.75. The normalized spacial score (nSPS) is 36.2. The summed E-state index contributed by atoms with van der Waals surface area (Å²) in [5.41, 5.74) is 5.82. The van der Waals surface area contributed by atoms with Crippen LogP contribution < -0.4 is 5.73 Å². The van der Waals surface area contributed by atoms with E-state index in [1.165, 1.54) is 0 Å². The van der Waals surface area contributed by atoms with Gasteiger partial charge in [-0.15, -0.1) is 0 Å². The van der Waals surface area contributed by atoms with Crippen molar-refractivity contribution >= 4 is 5.91 Å². The van der Waals surface area contributed by atoms with E-state index in [1.54, 1.807) is 0 Å². The third-order valence-electron chi connectivity index (χ3n) is 2.02. The first-order valence-corrected chi connectivity index (χ1v) is 3.41. The van der Waals surface area contributed by atoms with Gasteiger partial charge in [-0.25, -0.2) is 0 Å². The Kier molecular flexibility index (Phi) is 1.08. The largest absolute Gasteiger partial charge is 0.369 e. The molecule has 0 aromatic rings. The molecule has 0 saturated carbocycles. The summed E-state index contributed by atoms with van der Waals surface area (Å²) in [6.45, 7) is 0. The molecule has 0 aromatic carbocycles. The third-order valence-corrected chi connectivity index (χ3v) is 2.02. The zero-order chi connectivity index (χ0) is 7.14. The van der Waals surface area contributed by atoms with Gasteiger partial charge in [0.25, 0.3) is 0 Å². The van der Waals surface area contributed by atoms with Crippen molar-refractivity contribution in [3.05, 3.63) is 11.6 Å². The number of carbonyl (C=O) groups is 1. The standard InChI is InChI=1S/C7H9NO2/c8-7(9)4-1-2-5-6(3-4)10-5/h1,5-6H,2-3H2,(H2,8,9). The van der Waals surface area contributed by atoms with E-state index in [0.717, 1.165) is 18.4 Å². The Balaban J connectivity index is 2.09. The summed E-state index contributed by atoms with van der Waals surface area (Å²) in [5, 5.41) is 0. The van der Waals surface area contributed by atoms with Gasteiger partial charge in [0, 0.05) is 12.0 Å². The Hall–Kier alpha value is -0.830. The summed E-state index contributed by atoms with van der Waals surface area (Å²) >= 11 is 0. The van der Waals surface area contributed by atoms with Crippen LogP contribution in [0.15, 0.2) is 11.6 Å². The van der Waals surface area contributed by atoms with Crippen molar-refractivity contribution in [3.63, 3.8) is 0 Å². The molecule has 1 saturated heterocycles. The molecule has 1 heterocycles. The molecular formula is C7H9NO2. The summed E-state index contributed by atoms with van der Waals surface area (Å²) in [5.74, 6) is -0.297. The monoisotopic (exact) mass is 139 g/mol. The van der Waals surface area contributed by atoms with E-state index >= 15 is 0 Å². The summed E-state index contributed by atoms with van der Waals surface area (Å²) in [7, 11) is 0. The number of fused-ring (bicyclic) bond motifs is 1. The number of amides is 1. The number of rotatable bonds is 1. The second-order valence-corrected chi connectivity index (χ2v) is 2.75. The van der Waals surface area contributed by atoms with Crippen LogP contribution in [0, 0.1) is 0 Å². The van der Waals surface area contributed by atoms with Crippen LogP contribution in [0.2, 0.25) is 0 Å². The molecular weight excluding hydrogens is 130 g/mol. The van der Waals surface area contributed by atoms with Crippen molar-refractivity contribution in [2.24, 2.45) is 5.73 Å². The summed E-state index contributed by atoms with van der Waals surface area (Å²) < 4.78 is 5.20. The minimum atomic E-state index is -0.297. The van der Waals surface area contributed by atoms with E-state index in [9.17, 15) is 4.79 Å². The zero-order valence-electron chi connectivity index (χ0n) is 5.54. The molecule has 0 radical (unpaired) electrons. The lowest BCUT2D eigenvalue weighted by Crippen LogP contribution is -2.18. The molecule has 2 atom stereocenters. The van der Waals surface area contributed by atoms with Gasteiger partial charge in [-0.3, -0.25) is 4.79 Å². The number of nitrogens with two attached hydrogens (primary N) is 1. The zero-order valence-corrected chi connectivity index (χ0v) is 5.54. The van der Waals surface area contributed by atoms with Gasteiger partial charge in [0.15, 0.2) is 0 Å². The number of epoxide rings is 1. The number of carbonyl (C=O) groups excluding carboxylic acids is 1. The van der Waals surface area contributed by atoms with Crippen molar-refractivity contribution in [2.45, 2.75) is 25.0 Å². The van der Waals surface area contributed by atoms with E-state index < -0.39 is 0 Å². The highest BCUT2D eigenvalue weighted by Crippen LogP contribution is 2.35. The van der Waals surface area contributed by atoms with Gasteiger partial charge >= 0.3 is 0 Å². The Morgan fingerprint density at radius 3 is 3.10 bits per heavy atom. The van der Waals surface area contributed by atoms with Gasteiger partial charge in [-0.05, 0) is 6.42 Å². The first kappa shape index (κ1) is 5.92. The fraction of sp³-hybridized carbons (Fsp3) is 0.571. The molecule has 1 aliphatic carbocycles. The molecule has 10 heavy (non-hydrogen) atoms. The van der Waals surface area contributed by atoms with E-state index in [1.807, 2.05) is 6.08 Å². The van der Waals surface area contributed by atoms with E-state index in [2.05, 4.69) is 0 Å². The minimum Gasteiger partial charge on any atom is -0.369 e. The SMILES string of the molecule is NC(=O)C1=CCC2OC2C1. The fourth-order valence-corrected chi connectivity index (χ4v) is 1.33. The number of ether oxygens (including phenoxy) is 1.